The van der Waals surface area contributed by atoms with Crippen molar-refractivity contribution >= 4 is 17.7 Å². The topological polar surface area (TPSA) is 95.1 Å². The molecule has 1 aromatic heterocycles. The SMILES string of the molecule is Cc1ccc(OCc2nnc(SCC(=O)NC3CCCCC3)n2N)c(C)c1. The molecule has 146 valence electrons. The van der Waals surface area contributed by atoms with E-state index in [0.717, 1.165) is 24.2 Å². The van der Waals surface area contributed by atoms with Gasteiger partial charge in [-0.25, -0.2) is 4.68 Å². The van der Waals surface area contributed by atoms with Gasteiger partial charge in [0.1, 0.15) is 12.4 Å². The van der Waals surface area contributed by atoms with Gasteiger partial charge in [0, 0.05) is 6.04 Å². The zero-order valence-corrected chi connectivity index (χ0v) is 16.7. The molecule has 0 radical (unpaired) electrons. The number of carbonyl (C=O) groups is 1. The van der Waals surface area contributed by atoms with E-state index in [0.29, 0.717) is 17.0 Å². The van der Waals surface area contributed by atoms with E-state index < -0.39 is 0 Å². The molecule has 1 aliphatic carbocycles. The van der Waals surface area contributed by atoms with Crippen LogP contribution in [0.25, 0.3) is 0 Å². The lowest BCUT2D eigenvalue weighted by Crippen LogP contribution is -2.37. The monoisotopic (exact) mass is 389 g/mol. The highest BCUT2D eigenvalue weighted by atomic mass is 32.2. The van der Waals surface area contributed by atoms with Gasteiger partial charge in [0.05, 0.1) is 5.75 Å². The summed E-state index contributed by atoms with van der Waals surface area (Å²) in [6.07, 6.45) is 5.80. The number of hydrogen-bond donors (Lipinski definition) is 2. The van der Waals surface area contributed by atoms with Crippen LogP contribution in [0.2, 0.25) is 0 Å². The van der Waals surface area contributed by atoms with Gasteiger partial charge in [-0.3, -0.25) is 4.79 Å². The van der Waals surface area contributed by atoms with Crippen LogP contribution in [0, 0.1) is 13.8 Å². The van der Waals surface area contributed by atoms with Gasteiger partial charge in [0.15, 0.2) is 5.82 Å². The third-order valence-electron chi connectivity index (χ3n) is 4.72. The standard InChI is InChI=1S/C19H27N5O2S/c1-13-8-9-16(14(2)10-13)26-11-17-22-23-19(24(17)20)27-12-18(25)21-15-6-4-3-5-7-15/h8-10,15H,3-7,11-12,20H2,1-2H3,(H,21,25). The van der Waals surface area contributed by atoms with Crippen LogP contribution >= 0.6 is 11.8 Å². The molecule has 1 aliphatic rings. The molecule has 1 heterocycles. The van der Waals surface area contributed by atoms with Crippen molar-refractivity contribution in [3.8, 4) is 5.75 Å². The van der Waals surface area contributed by atoms with E-state index in [4.69, 9.17) is 10.6 Å². The van der Waals surface area contributed by atoms with Gasteiger partial charge in [-0.2, -0.15) is 0 Å². The first-order valence-corrected chi connectivity index (χ1v) is 10.3. The Bertz CT molecular complexity index is 786. The number of nitrogens with zero attached hydrogens (tertiary/aromatic N) is 3. The number of carbonyl (C=O) groups excluding carboxylic acids is 1. The summed E-state index contributed by atoms with van der Waals surface area (Å²) in [5.41, 5.74) is 2.25. The number of nitrogens with two attached hydrogens (primary N) is 1. The molecule has 0 unspecified atom stereocenters. The van der Waals surface area contributed by atoms with Gasteiger partial charge in [-0.05, 0) is 38.3 Å². The molecule has 0 saturated heterocycles. The Labute approximate surface area is 164 Å². The maximum absolute atomic E-state index is 12.1. The third-order valence-corrected chi connectivity index (χ3v) is 5.67. The minimum Gasteiger partial charge on any atom is -0.485 e. The van der Waals surface area contributed by atoms with Crippen LogP contribution in [0.15, 0.2) is 23.4 Å². The number of ether oxygens (including phenoxy) is 1. The molecular weight excluding hydrogens is 362 g/mol. The molecule has 3 rings (SSSR count). The maximum Gasteiger partial charge on any atom is 0.230 e. The summed E-state index contributed by atoms with van der Waals surface area (Å²) in [6.45, 7) is 4.27. The Morgan fingerprint density at radius 2 is 2.07 bits per heavy atom. The van der Waals surface area contributed by atoms with Gasteiger partial charge < -0.3 is 15.9 Å². The first-order chi connectivity index (χ1) is 13.0. The van der Waals surface area contributed by atoms with Crippen LogP contribution in [-0.4, -0.2) is 32.6 Å². The first-order valence-electron chi connectivity index (χ1n) is 9.34. The Morgan fingerprint density at radius 1 is 1.30 bits per heavy atom. The quantitative estimate of drug-likeness (QED) is 0.558. The molecule has 1 fully saturated rings. The second kappa shape index (κ2) is 9.12. The number of thioether (sulfide) groups is 1. The van der Waals surface area contributed by atoms with Crippen molar-refractivity contribution in [3.63, 3.8) is 0 Å². The molecule has 1 aromatic carbocycles. The molecule has 27 heavy (non-hydrogen) atoms. The van der Waals surface area contributed by atoms with E-state index >= 15 is 0 Å². The fraction of sp³-hybridized carbons (Fsp3) is 0.526. The zero-order chi connectivity index (χ0) is 19.2. The van der Waals surface area contributed by atoms with Crippen molar-refractivity contribution in [1.82, 2.24) is 20.2 Å². The molecule has 0 atom stereocenters. The van der Waals surface area contributed by atoms with Crippen LogP contribution < -0.4 is 15.9 Å². The molecular formula is C19H27N5O2S. The summed E-state index contributed by atoms with van der Waals surface area (Å²) in [5.74, 6) is 7.67. The highest BCUT2D eigenvalue weighted by molar-refractivity contribution is 7.99. The summed E-state index contributed by atoms with van der Waals surface area (Å²) in [4.78, 5) is 12.1. The lowest BCUT2D eigenvalue weighted by molar-refractivity contribution is -0.119. The van der Waals surface area contributed by atoms with Gasteiger partial charge in [0.2, 0.25) is 11.1 Å². The Kier molecular flexibility index (Phi) is 6.60. The number of rotatable bonds is 7. The molecule has 0 aliphatic heterocycles. The smallest absolute Gasteiger partial charge is 0.230 e. The van der Waals surface area contributed by atoms with Crippen LogP contribution in [0.5, 0.6) is 5.75 Å². The van der Waals surface area contributed by atoms with E-state index in [-0.39, 0.29) is 18.3 Å². The minimum atomic E-state index is 0.0166. The number of amides is 1. The first kappa shape index (κ1) is 19.5. The summed E-state index contributed by atoms with van der Waals surface area (Å²) < 4.78 is 7.20. The maximum atomic E-state index is 12.1. The van der Waals surface area contributed by atoms with Crippen molar-refractivity contribution in [1.29, 1.82) is 0 Å². The molecule has 2 aromatic rings. The van der Waals surface area contributed by atoms with Gasteiger partial charge in [0.25, 0.3) is 0 Å². The highest BCUT2D eigenvalue weighted by Crippen LogP contribution is 2.21. The number of aryl methyl sites for hydroxylation is 2. The molecule has 7 nitrogen and oxygen atoms in total. The van der Waals surface area contributed by atoms with Crippen molar-refractivity contribution < 1.29 is 9.53 Å². The average molecular weight is 390 g/mol. The van der Waals surface area contributed by atoms with E-state index in [1.54, 1.807) is 0 Å². The predicted octanol–water partition coefficient (Wildman–Crippen LogP) is 2.73. The highest BCUT2D eigenvalue weighted by Gasteiger charge is 2.17. The van der Waals surface area contributed by atoms with Crippen LogP contribution in [0.1, 0.15) is 49.1 Å². The molecule has 0 spiro atoms. The largest absolute Gasteiger partial charge is 0.485 e. The second-order valence-electron chi connectivity index (χ2n) is 7.02. The van der Waals surface area contributed by atoms with Crippen LogP contribution in [0.4, 0.5) is 0 Å². The van der Waals surface area contributed by atoms with Gasteiger partial charge >= 0.3 is 0 Å². The fourth-order valence-electron chi connectivity index (χ4n) is 3.25. The summed E-state index contributed by atoms with van der Waals surface area (Å²) in [5, 5.41) is 11.8. The fourth-order valence-corrected chi connectivity index (χ4v) is 3.94. The molecule has 1 amide bonds. The van der Waals surface area contributed by atoms with Crippen molar-refractivity contribution in [3.05, 3.63) is 35.2 Å². The zero-order valence-electron chi connectivity index (χ0n) is 15.9. The van der Waals surface area contributed by atoms with Crippen LogP contribution in [-0.2, 0) is 11.4 Å². The Balaban J connectivity index is 1.49. The number of nitrogens with one attached hydrogen (secondary N) is 1. The number of nitrogen functional groups attached to an aromatic ring is 1. The molecule has 8 heteroatoms. The minimum absolute atomic E-state index is 0.0166. The Morgan fingerprint density at radius 3 is 2.81 bits per heavy atom. The number of hydrogen-bond acceptors (Lipinski definition) is 6. The summed E-state index contributed by atoms with van der Waals surface area (Å²) >= 11 is 1.29. The molecule has 0 bridgehead atoms. The van der Waals surface area contributed by atoms with Crippen molar-refractivity contribution in [2.75, 3.05) is 11.6 Å². The van der Waals surface area contributed by atoms with Crippen molar-refractivity contribution in [2.45, 2.75) is 63.8 Å². The molecule has 1 saturated carbocycles. The van der Waals surface area contributed by atoms with E-state index in [9.17, 15) is 4.79 Å². The van der Waals surface area contributed by atoms with E-state index in [2.05, 4.69) is 21.6 Å². The average Bonchev–Trinajstić information content (AvgIpc) is 3.00. The van der Waals surface area contributed by atoms with E-state index in [1.807, 2.05) is 26.0 Å². The second-order valence-corrected chi connectivity index (χ2v) is 7.96. The third kappa shape index (κ3) is 5.38. The van der Waals surface area contributed by atoms with E-state index in [1.165, 1.54) is 41.3 Å². The van der Waals surface area contributed by atoms with Gasteiger partial charge in [-0.15, -0.1) is 10.2 Å². The lowest BCUT2D eigenvalue weighted by Gasteiger charge is -2.22. The predicted molar refractivity (Wildman–Crippen MR) is 106 cm³/mol. The van der Waals surface area contributed by atoms with Crippen LogP contribution in [0.3, 0.4) is 0 Å². The van der Waals surface area contributed by atoms with Gasteiger partial charge in [-0.1, -0.05) is 48.7 Å². The lowest BCUT2D eigenvalue weighted by atomic mass is 9.95. The normalized spacial score (nSPS) is 14.9. The molecule has 3 N–H and O–H groups in total. The number of benzene rings is 1. The van der Waals surface area contributed by atoms with Crippen molar-refractivity contribution in [2.24, 2.45) is 0 Å². The summed E-state index contributed by atoms with van der Waals surface area (Å²) in [7, 11) is 0. The number of aromatic nitrogens is 3. The Hall–Kier alpha value is -2.22. The summed E-state index contributed by atoms with van der Waals surface area (Å²) in [6, 6.07) is 6.31.